The smallest absolute Gasteiger partial charge is 0.171 e. The molecule has 0 spiro atoms. The number of hydrogen-bond acceptors (Lipinski definition) is 2. The number of ether oxygens (including phenoxy) is 2. The van der Waals surface area contributed by atoms with Crippen molar-refractivity contribution in [2.45, 2.75) is 59.5 Å². The van der Waals surface area contributed by atoms with Crippen LogP contribution in [0.5, 0.6) is 0 Å². The number of rotatable bonds is 0. The van der Waals surface area contributed by atoms with Crippen LogP contribution >= 0.6 is 0 Å². The first kappa shape index (κ1) is 10.0. The minimum atomic E-state index is -0.425. The lowest BCUT2D eigenvalue weighted by molar-refractivity contribution is -0.221. The van der Waals surface area contributed by atoms with Gasteiger partial charge in [-0.15, -0.1) is 0 Å². The highest BCUT2D eigenvalue weighted by Gasteiger charge is 2.48. The van der Waals surface area contributed by atoms with Crippen LogP contribution in [0.15, 0.2) is 0 Å². The highest BCUT2D eigenvalue weighted by Crippen LogP contribution is 2.41. The molecule has 0 aromatic rings. The molecule has 72 valence electrons. The molecule has 2 atom stereocenters. The normalized spacial score (nSPS) is 43.5. The summed E-state index contributed by atoms with van der Waals surface area (Å²) in [6.07, 6.45) is 0.406. The van der Waals surface area contributed by atoms with Gasteiger partial charge in [0.25, 0.3) is 0 Å². The first-order valence-electron chi connectivity index (χ1n) is 4.62. The van der Waals surface area contributed by atoms with Crippen molar-refractivity contribution in [2.24, 2.45) is 5.41 Å². The summed E-state index contributed by atoms with van der Waals surface area (Å²) in [5.74, 6) is -0.425. The van der Waals surface area contributed by atoms with Crippen LogP contribution in [-0.4, -0.2) is 18.0 Å². The molecular weight excluding hydrogens is 152 g/mol. The van der Waals surface area contributed by atoms with Gasteiger partial charge >= 0.3 is 0 Å². The quantitative estimate of drug-likeness (QED) is 0.559. The Bertz CT molecular complexity index is 159. The largest absolute Gasteiger partial charge is 0.344 e. The van der Waals surface area contributed by atoms with E-state index in [0.717, 1.165) is 0 Å². The fraction of sp³-hybridized carbons (Fsp3) is 1.00. The third kappa shape index (κ3) is 1.50. The van der Waals surface area contributed by atoms with Crippen LogP contribution in [0, 0.1) is 5.41 Å². The van der Waals surface area contributed by atoms with Gasteiger partial charge in [-0.1, -0.05) is 20.8 Å². The van der Waals surface area contributed by atoms with E-state index in [1.165, 1.54) is 0 Å². The average molecular weight is 172 g/mol. The molecule has 1 heterocycles. The van der Waals surface area contributed by atoms with E-state index in [0.29, 0.717) is 0 Å². The molecular formula is C10H20O2. The van der Waals surface area contributed by atoms with Gasteiger partial charge in [0.05, 0.1) is 12.2 Å². The summed E-state index contributed by atoms with van der Waals surface area (Å²) in [7, 11) is 0. The first-order valence-corrected chi connectivity index (χ1v) is 4.62. The molecule has 0 radical (unpaired) electrons. The van der Waals surface area contributed by atoms with E-state index >= 15 is 0 Å². The van der Waals surface area contributed by atoms with Crippen molar-refractivity contribution < 1.29 is 9.47 Å². The van der Waals surface area contributed by atoms with Crippen molar-refractivity contribution in [1.82, 2.24) is 0 Å². The van der Waals surface area contributed by atoms with Crippen LogP contribution in [0.3, 0.4) is 0 Å². The summed E-state index contributed by atoms with van der Waals surface area (Å²) in [5, 5.41) is 0. The molecule has 0 saturated carbocycles. The molecule has 2 unspecified atom stereocenters. The summed E-state index contributed by atoms with van der Waals surface area (Å²) in [6.45, 7) is 12.5. The van der Waals surface area contributed by atoms with Crippen LogP contribution in [0.4, 0.5) is 0 Å². The molecule has 0 amide bonds. The van der Waals surface area contributed by atoms with E-state index in [9.17, 15) is 0 Å². The Morgan fingerprint density at radius 3 is 1.50 bits per heavy atom. The molecule has 12 heavy (non-hydrogen) atoms. The molecule has 0 aliphatic carbocycles. The Morgan fingerprint density at radius 1 is 1.00 bits per heavy atom. The van der Waals surface area contributed by atoms with Crippen molar-refractivity contribution in [2.75, 3.05) is 0 Å². The van der Waals surface area contributed by atoms with E-state index in [2.05, 4.69) is 34.6 Å². The molecule has 1 saturated heterocycles. The van der Waals surface area contributed by atoms with E-state index in [-0.39, 0.29) is 17.6 Å². The molecule has 2 heteroatoms. The molecule has 0 N–H and O–H groups in total. The first-order chi connectivity index (χ1) is 5.26. The summed E-state index contributed by atoms with van der Waals surface area (Å²) in [5.41, 5.74) is 0.0337. The van der Waals surface area contributed by atoms with Gasteiger partial charge in [0, 0.05) is 5.41 Å². The summed E-state index contributed by atoms with van der Waals surface area (Å²) in [4.78, 5) is 0. The second kappa shape index (κ2) is 2.71. The summed E-state index contributed by atoms with van der Waals surface area (Å²) < 4.78 is 11.6. The maximum absolute atomic E-state index is 5.80. The van der Waals surface area contributed by atoms with Gasteiger partial charge < -0.3 is 9.47 Å². The van der Waals surface area contributed by atoms with Crippen molar-refractivity contribution >= 4 is 0 Å². The molecule has 0 aromatic carbocycles. The lowest BCUT2D eigenvalue weighted by atomic mass is 9.87. The van der Waals surface area contributed by atoms with Gasteiger partial charge in [-0.25, -0.2) is 0 Å². The highest BCUT2D eigenvalue weighted by molar-refractivity contribution is 4.87. The zero-order valence-corrected chi connectivity index (χ0v) is 8.97. The third-order valence-corrected chi connectivity index (χ3v) is 2.84. The Kier molecular flexibility index (Phi) is 2.26. The summed E-state index contributed by atoms with van der Waals surface area (Å²) >= 11 is 0. The third-order valence-electron chi connectivity index (χ3n) is 2.84. The SMILES string of the molecule is CC1OC(C)(C(C)(C)C)OC1C. The maximum Gasteiger partial charge on any atom is 0.171 e. The monoisotopic (exact) mass is 172 g/mol. The second-order valence-corrected chi connectivity index (χ2v) is 4.84. The molecule has 2 nitrogen and oxygen atoms in total. The average Bonchev–Trinajstić information content (AvgIpc) is 2.06. The Morgan fingerprint density at radius 2 is 1.33 bits per heavy atom. The lowest BCUT2D eigenvalue weighted by Gasteiger charge is -2.36. The van der Waals surface area contributed by atoms with E-state index < -0.39 is 5.79 Å². The van der Waals surface area contributed by atoms with Gasteiger partial charge in [-0.2, -0.15) is 0 Å². The van der Waals surface area contributed by atoms with Crippen LogP contribution in [-0.2, 0) is 9.47 Å². The Hall–Kier alpha value is -0.0800. The molecule has 1 aliphatic heterocycles. The lowest BCUT2D eigenvalue weighted by Crippen LogP contribution is -2.41. The van der Waals surface area contributed by atoms with Crippen LogP contribution in [0.2, 0.25) is 0 Å². The zero-order valence-electron chi connectivity index (χ0n) is 8.97. The summed E-state index contributed by atoms with van der Waals surface area (Å²) in [6, 6.07) is 0. The van der Waals surface area contributed by atoms with E-state index in [4.69, 9.17) is 9.47 Å². The van der Waals surface area contributed by atoms with Gasteiger partial charge in [0.15, 0.2) is 5.79 Å². The molecule has 0 aromatic heterocycles. The van der Waals surface area contributed by atoms with Crippen molar-refractivity contribution in [3.63, 3.8) is 0 Å². The highest BCUT2D eigenvalue weighted by atomic mass is 16.8. The fourth-order valence-electron chi connectivity index (χ4n) is 1.28. The Balaban J connectivity index is 2.77. The zero-order chi connectivity index (χ0) is 9.57. The number of hydrogen-bond donors (Lipinski definition) is 0. The minimum absolute atomic E-state index is 0.0337. The topological polar surface area (TPSA) is 18.5 Å². The van der Waals surface area contributed by atoms with Gasteiger partial charge in [-0.05, 0) is 20.8 Å². The second-order valence-electron chi connectivity index (χ2n) is 4.84. The van der Waals surface area contributed by atoms with Gasteiger partial charge in [0.1, 0.15) is 0 Å². The van der Waals surface area contributed by atoms with Crippen molar-refractivity contribution in [3.05, 3.63) is 0 Å². The Labute approximate surface area is 75.2 Å². The standard InChI is InChI=1S/C10H20O2/c1-7-8(2)12-10(6,11-7)9(3,4)5/h7-8H,1-6H3. The van der Waals surface area contributed by atoms with Gasteiger partial charge in [-0.3, -0.25) is 0 Å². The van der Waals surface area contributed by atoms with Crippen molar-refractivity contribution in [3.8, 4) is 0 Å². The predicted octanol–water partition coefficient (Wildman–Crippen LogP) is 2.57. The maximum atomic E-state index is 5.80. The van der Waals surface area contributed by atoms with Crippen LogP contribution in [0.1, 0.15) is 41.5 Å². The minimum Gasteiger partial charge on any atom is -0.344 e. The molecule has 1 fully saturated rings. The molecule has 1 rings (SSSR count). The van der Waals surface area contributed by atoms with E-state index in [1.807, 2.05) is 6.92 Å². The molecule has 0 bridgehead atoms. The van der Waals surface area contributed by atoms with Crippen LogP contribution in [0.25, 0.3) is 0 Å². The predicted molar refractivity (Wildman–Crippen MR) is 49.0 cm³/mol. The fourth-order valence-corrected chi connectivity index (χ4v) is 1.28. The molecule has 1 aliphatic rings. The van der Waals surface area contributed by atoms with Crippen molar-refractivity contribution in [1.29, 1.82) is 0 Å². The van der Waals surface area contributed by atoms with E-state index in [1.54, 1.807) is 0 Å². The van der Waals surface area contributed by atoms with Gasteiger partial charge in [0.2, 0.25) is 0 Å². The van der Waals surface area contributed by atoms with Crippen LogP contribution < -0.4 is 0 Å².